The smallest absolute Gasteiger partial charge is 0.109 e. The molecule has 0 aromatic carbocycles. The first kappa shape index (κ1) is 15.4. The third-order valence-corrected chi connectivity index (χ3v) is 2.83. The average molecular weight is 224 g/mol. The van der Waals surface area contributed by atoms with E-state index in [1.54, 1.807) is 7.11 Å². The van der Waals surface area contributed by atoms with Gasteiger partial charge in [0.05, 0.1) is 7.11 Å². The Morgan fingerprint density at radius 3 is 1.75 bits per heavy atom. The fourth-order valence-electron chi connectivity index (χ4n) is 1.82. The second kappa shape index (κ2) is 14.4. The van der Waals surface area contributed by atoms with Crippen LogP contribution >= 0.6 is 0 Å². The molecule has 0 aromatic rings. The Balaban J connectivity index is 2.93. The Labute approximate surface area is 102 Å². The zero-order chi connectivity index (χ0) is 11.9. The molecule has 0 aliphatic rings. The van der Waals surface area contributed by atoms with Gasteiger partial charge in [-0.05, 0) is 6.42 Å². The molecule has 0 rings (SSSR count). The summed E-state index contributed by atoms with van der Waals surface area (Å²) in [5.74, 6) is 2.99. The van der Waals surface area contributed by atoms with Gasteiger partial charge in [0.1, 0.15) is 6.11 Å². The topological polar surface area (TPSA) is 9.23 Å². The van der Waals surface area contributed by atoms with Crippen LogP contribution in [0, 0.1) is 12.0 Å². The number of hydrogen-bond acceptors (Lipinski definition) is 1. The normalized spacial score (nSPS) is 9.62. The van der Waals surface area contributed by atoms with E-state index in [4.69, 9.17) is 0 Å². The highest BCUT2D eigenvalue weighted by Crippen LogP contribution is 2.10. The van der Waals surface area contributed by atoms with Gasteiger partial charge in [0.15, 0.2) is 0 Å². The highest BCUT2D eigenvalue weighted by molar-refractivity contribution is 4.90. The van der Waals surface area contributed by atoms with Crippen LogP contribution in [0.4, 0.5) is 0 Å². The lowest BCUT2D eigenvalue weighted by Crippen LogP contribution is -1.81. The molecule has 0 saturated heterocycles. The van der Waals surface area contributed by atoms with Crippen molar-refractivity contribution < 1.29 is 4.74 Å². The first-order valence-corrected chi connectivity index (χ1v) is 6.92. The van der Waals surface area contributed by atoms with Crippen molar-refractivity contribution >= 4 is 0 Å². The quantitative estimate of drug-likeness (QED) is 0.378. The minimum absolute atomic E-state index is 0.990. The molecule has 1 nitrogen and oxygen atoms in total. The Hall–Kier alpha value is -0.640. The molecule has 0 aliphatic heterocycles. The standard InChI is InChI=1S/C15H28O/c1-3-4-5-6-7-8-9-10-11-12-13-14-15-16-2/h3-13H2,1-2H3. The van der Waals surface area contributed by atoms with Crippen LogP contribution in [0.5, 0.6) is 0 Å². The van der Waals surface area contributed by atoms with Crippen molar-refractivity contribution in [3.63, 3.8) is 0 Å². The largest absolute Gasteiger partial charge is 0.450 e. The molecule has 94 valence electrons. The van der Waals surface area contributed by atoms with E-state index in [1.807, 2.05) is 0 Å². The van der Waals surface area contributed by atoms with Gasteiger partial charge >= 0.3 is 0 Å². The van der Waals surface area contributed by atoms with Crippen molar-refractivity contribution in [2.24, 2.45) is 0 Å². The SMILES string of the molecule is CCCCCCCCCCCCC#COC. The van der Waals surface area contributed by atoms with Gasteiger partial charge in [0.25, 0.3) is 0 Å². The minimum atomic E-state index is 0.990. The van der Waals surface area contributed by atoms with Gasteiger partial charge < -0.3 is 4.74 Å². The van der Waals surface area contributed by atoms with Gasteiger partial charge in [-0.3, -0.25) is 0 Å². The van der Waals surface area contributed by atoms with Crippen molar-refractivity contribution in [1.29, 1.82) is 0 Å². The third-order valence-electron chi connectivity index (χ3n) is 2.83. The molecule has 0 heterocycles. The van der Waals surface area contributed by atoms with Crippen molar-refractivity contribution in [3.05, 3.63) is 0 Å². The van der Waals surface area contributed by atoms with E-state index in [2.05, 4.69) is 23.7 Å². The van der Waals surface area contributed by atoms with Gasteiger partial charge in [0.2, 0.25) is 0 Å². The summed E-state index contributed by atoms with van der Waals surface area (Å²) < 4.78 is 4.67. The Kier molecular flexibility index (Phi) is 13.8. The molecule has 1 heteroatoms. The maximum atomic E-state index is 4.67. The molecular weight excluding hydrogens is 196 g/mol. The number of rotatable bonds is 10. The summed E-state index contributed by atoms with van der Waals surface area (Å²) in [5, 5.41) is 0. The third kappa shape index (κ3) is 13.4. The molecule has 0 unspecified atom stereocenters. The summed E-state index contributed by atoms with van der Waals surface area (Å²) in [7, 11) is 1.62. The minimum Gasteiger partial charge on any atom is -0.450 e. The number of ether oxygens (including phenoxy) is 1. The van der Waals surface area contributed by atoms with E-state index >= 15 is 0 Å². The van der Waals surface area contributed by atoms with E-state index in [0.717, 1.165) is 6.42 Å². The molecular formula is C15H28O. The molecule has 0 saturated carbocycles. The summed E-state index contributed by atoms with van der Waals surface area (Å²) in [6.07, 6.45) is 17.5. The molecule has 0 bridgehead atoms. The van der Waals surface area contributed by atoms with Crippen LogP contribution in [0.1, 0.15) is 77.6 Å². The second-order valence-corrected chi connectivity index (χ2v) is 4.41. The van der Waals surface area contributed by atoms with Gasteiger partial charge in [-0.15, -0.1) is 0 Å². The van der Waals surface area contributed by atoms with Crippen molar-refractivity contribution in [2.45, 2.75) is 77.6 Å². The lowest BCUT2D eigenvalue weighted by Gasteiger charge is -2.00. The van der Waals surface area contributed by atoms with Gasteiger partial charge in [-0.1, -0.05) is 70.6 Å². The molecule has 0 radical (unpaired) electrons. The van der Waals surface area contributed by atoms with E-state index in [0.29, 0.717) is 0 Å². The Bertz CT molecular complexity index is 176. The van der Waals surface area contributed by atoms with Crippen LogP contribution in [0.2, 0.25) is 0 Å². The first-order valence-electron chi connectivity index (χ1n) is 6.92. The molecule has 0 N–H and O–H groups in total. The fraction of sp³-hybridized carbons (Fsp3) is 0.867. The lowest BCUT2D eigenvalue weighted by molar-refractivity contribution is 0.371. The van der Waals surface area contributed by atoms with Gasteiger partial charge in [-0.25, -0.2) is 0 Å². The zero-order valence-corrected chi connectivity index (χ0v) is 11.2. The van der Waals surface area contributed by atoms with Gasteiger partial charge in [-0.2, -0.15) is 0 Å². The highest BCUT2D eigenvalue weighted by Gasteiger charge is 1.91. The van der Waals surface area contributed by atoms with Crippen molar-refractivity contribution in [2.75, 3.05) is 7.11 Å². The molecule has 0 fully saturated rings. The Morgan fingerprint density at radius 2 is 1.25 bits per heavy atom. The second-order valence-electron chi connectivity index (χ2n) is 4.41. The zero-order valence-electron chi connectivity index (χ0n) is 11.2. The maximum absolute atomic E-state index is 4.67. The number of methoxy groups -OCH3 is 1. The predicted octanol–water partition coefficient (Wildman–Crippen LogP) is 4.90. The molecule has 0 spiro atoms. The molecule has 0 atom stereocenters. The van der Waals surface area contributed by atoms with Crippen LogP contribution in [0.25, 0.3) is 0 Å². The maximum Gasteiger partial charge on any atom is 0.109 e. The van der Waals surface area contributed by atoms with Crippen LogP contribution < -0.4 is 0 Å². The predicted molar refractivity (Wildman–Crippen MR) is 71.2 cm³/mol. The highest BCUT2D eigenvalue weighted by atomic mass is 16.5. The van der Waals surface area contributed by atoms with E-state index in [-0.39, 0.29) is 0 Å². The monoisotopic (exact) mass is 224 g/mol. The van der Waals surface area contributed by atoms with Gasteiger partial charge in [0, 0.05) is 6.42 Å². The average Bonchev–Trinajstić information content (AvgIpc) is 2.31. The lowest BCUT2D eigenvalue weighted by atomic mass is 10.1. The summed E-state index contributed by atoms with van der Waals surface area (Å²) >= 11 is 0. The van der Waals surface area contributed by atoms with Crippen LogP contribution in [0.15, 0.2) is 0 Å². The summed E-state index contributed by atoms with van der Waals surface area (Å²) in [6, 6.07) is 0. The van der Waals surface area contributed by atoms with Crippen LogP contribution in [-0.4, -0.2) is 7.11 Å². The molecule has 0 aromatic heterocycles. The van der Waals surface area contributed by atoms with Crippen LogP contribution in [0.3, 0.4) is 0 Å². The van der Waals surface area contributed by atoms with E-state index < -0.39 is 0 Å². The molecule has 0 aliphatic carbocycles. The fourth-order valence-corrected chi connectivity index (χ4v) is 1.82. The summed E-state index contributed by atoms with van der Waals surface area (Å²) in [5.41, 5.74) is 0. The first-order chi connectivity index (χ1) is 7.91. The van der Waals surface area contributed by atoms with Crippen LogP contribution in [-0.2, 0) is 4.74 Å². The van der Waals surface area contributed by atoms with Crippen molar-refractivity contribution in [3.8, 4) is 12.0 Å². The molecule has 0 amide bonds. The summed E-state index contributed by atoms with van der Waals surface area (Å²) in [6.45, 7) is 2.27. The molecule has 16 heavy (non-hydrogen) atoms. The summed E-state index contributed by atoms with van der Waals surface area (Å²) in [4.78, 5) is 0. The van der Waals surface area contributed by atoms with Crippen molar-refractivity contribution in [1.82, 2.24) is 0 Å². The number of unbranched alkanes of at least 4 members (excludes halogenated alkanes) is 10. The Morgan fingerprint density at radius 1 is 0.750 bits per heavy atom. The van der Waals surface area contributed by atoms with E-state index in [9.17, 15) is 0 Å². The van der Waals surface area contributed by atoms with E-state index in [1.165, 1.54) is 64.2 Å². The number of hydrogen-bond donors (Lipinski definition) is 0.